The van der Waals surface area contributed by atoms with Crippen molar-refractivity contribution in [3.8, 4) is 0 Å². The molecule has 26 heavy (non-hydrogen) atoms. The number of nitrogens with zero attached hydrogens (tertiary/aromatic N) is 3. The number of carbonyl (C=O) groups excluding carboxylic acids is 1. The number of esters is 1. The molecule has 1 aliphatic rings. The Hall–Kier alpha value is -2.95. The highest BCUT2D eigenvalue weighted by Gasteiger charge is 2.23. The van der Waals surface area contributed by atoms with Gasteiger partial charge in [0.25, 0.3) is 0 Å². The quantitative estimate of drug-likeness (QED) is 0.675. The number of carbonyl (C=O) groups is 1. The summed E-state index contributed by atoms with van der Waals surface area (Å²) in [4.78, 5) is 13.7. The van der Waals surface area contributed by atoms with Crippen LogP contribution < -0.4 is 4.90 Å². The number of hydrogen-bond acceptors (Lipinski definition) is 5. The maximum Gasteiger partial charge on any atom is 0.358 e. The van der Waals surface area contributed by atoms with Crippen molar-refractivity contribution in [1.82, 2.24) is 10.2 Å². The molecule has 4 rings (SSSR count). The predicted molar refractivity (Wildman–Crippen MR) is 102 cm³/mol. The Kier molecular flexibility index (Phi) is 4.52. The van der Waals surface area contributed by atoms with Crippen molar-refractivity contribution in [2.24, 2.45) is 0 Å². The highest BCUT2D eigenvalue weighted by molar-refractivity contribution is 5.87. The maximum atomic E-state index is 11.5. The molecular weight excluding hydrogens is 326 g/mol. The summed E-state index contributed by atoms with van der Waals surface area (Å²) in [5, 5.41) is 10.8. The van der Waals surface area contributed by atoms with E-state index in [2.05, 4.69) is 62.3 Å². The van der Waals surface area contributed by atoms with E-state index < -0.39 is 5.97 Å². The lowest BCUT2D eigenvalue weighted by Gasteiger charge is -2.33. The van der Waals surface area contributed by atoms with Gasteiger partial charge >= 0.3 is 5.97 Å². The molecule has 0 radical (unpaired) electrons. The van der Waals surface area contributed by atoms with Crippen LogP contribution in [0, 0.1) is 0 Å². The number of methoxy groups -OCH3 is 1. The Morgan fingerprint density at radius 3 is 2.50 bits per heavy atom. The summed E-state index contributed by atoms with van der Waals surface area (Å²) >= 11 is 0. The second kappa shape index (κ2) is 7.12. The number of piperidine rings is 1. The lowest BCUT2D eigenvalue weighted by molar-refractivity contribution is 0.0592. The molecule has 0 unspecified atom stereocenters. The lowest BCUT2D eigenvalue weighted by atomic mass is 9.86. The Labute approximate surface area is 152 Å². The fourth-order valence-corrected chi connectivity index (χ4v) is 3.73. The first kappa shape index (κ1) is 16.5. The number of aromatic nitrogens is 2. The normalized spacial score (nSPS) is 15.2. The topological polar surface area (TPSA) is 55.3 Å². The number of fused-ring (bicyclic) bond motifs is 1. The van der Waals surface area contributed by atoms with E-state index in [-0.39, 0.29) is 5.69 Å². The fraction of sp³-hybridized carbons (Fsp3) is 0.286. The van der Waals surface area contributed by atoms with Gasteiger partial charge in [0.05, 0.1) is 7.11 Å². The standard InChI is InChI=1S/C21H21N3O2/c1-26-21(25)19-9-10-20(23-22-19)24-13-11-16(12-14-24)18-8-4-6-15-5-2-3-7-17(15)18/h2-10,16H,11-14H2,1H3. The second-order valence-electron chi connectivity index (χ2n) is 6.60. The average Bonchev–Trinajstić information content (AvgIpc) is 2.73. The number of ether oxygens (including phenoxy) is 1. The first-order valence-corrected chi connectivity index (χ1v) is 8.91. The molecule has 0 aliphatic carbocycles. The zero-order chi connectivity index (χ0) is 17.9. The van der Waals surface area contributed by atoms with Crippen LogP contribution in [0.3, 0.4) is 0 Å². The summed E-state index contributed by atoms with van der Waals surface area (Å²) in [6.45, 7) is 1.86. The van der Waals surface area contributed by atoms with Crippen molar-refractivity contribution >= 4 is 22.6 Å². The summed E-state index contributed by atoms with van der Waals surface area (Å²) in [7, 11) is 1.34. The molecule has 1 aromatic heterocycles. The summed E-state index contributed by atoms with van der Waals surface area (Å²) in [6, 6.07) is 18.7. The minimum absolute atomic E-state index is 0.238. The van der Waals surface area contributed by atoms with Crippen LogP contribution in [0.5, 0.6) is 0 Å². The first-order chi connectivity index (χ1) is 12.8. The van der Waals surface area contributed by atoms with Gasteiger partial charge in [-0.15, -0.1) is 10.2 Å². The molecule has 1 aliphatic heterocycles. The third-order valence-corrected chi connectivity index (χ3v) is 5.13. The molecule has 0 spiro atoms. The van der Waals surface area contributed by atoms with Gasteiger partial charge < -0.3 is 9.64 Å². The van der Waals surface area contributed by atoms with Gasteiger partial charge in [0.2, 0.25) is 0 Å². The fourth-order valence-electron chi connectivity index (χ4n) is 3.73. The SMILES string of the molecule is COC(=O)c1ccc(N2CCC(c3cccc4ccccc34)CC2)nn1. The Morgan fingerprint density at radius 2 is 1.77 bits per heavy atom. The highest BCUT2D eigenvalue weighted by Crippen LogP contribution is 2.33. The molecule has 3 aromatic rings. The zero-order valence-electron chi connectivity index (χ0n) is 14.8. The maximum absolute atomic E-state index is 11.5. The van der Waals surface area contributed by atoms with Crippen molar-refractivity contribution in [2.45, 2.75) is 18.8 Å². The van der Waals surface area contributed by atoms with E-state index in [0.717, 1.165) is 31.7 Å². The van der Waals surface area contributed by atoms with Gasteiger partial charge in [0.1, 0.15) is 0 Å². The lowest BCUT2D eigenvalue weighted by Crippen LogP contribution is -2.33. The van der Waals surface area contributed by atoms with E-state index in [0.29, 0.717) is 5.92 Å². The van der Waals surface area contributed by atoms with Crippen LogP contribution in [-0.4, -0.2) is 36.4 Å². The van der Waals surface area contributed by atoms with Crippen LogP contribution in [0.1, 0.15) is 34.8 Å². The number of rotatable bonds is 3. The number of hydrogen-bond donors (Lipinski definition) is 0. The van der Waals surface area contributed by atoms with Crippen LogP contribution in [0.25, 0.3) is 10.8 Å². The summed E-state index contributed by atoms with van der Waals surface area (Å²) < 4.78 is 4.66. The van der Waals surface area contributed by atoms with Gasteiger partial charge in [-0.2, -0.15) is 0 Å². The highest BCUT2D eigenvalue weighted by atomic mass is 16.5. The monoisotopic (exact) mass is 347 g/mol. The van der Waals surface area contributed by atoms with Gasteiger partial charge in [-0.3, -0.25) is 0 Å². The average molecular weight is 347 g/mol. The summed E-state index contributed by atoms with van der Waals surface area (Å²) in [5.41, 5.74) is 1.68. The largest absolute Gasteiger partial charge is 0.464 e. The van der Waals surface area contributed by atoms with E-state index in [1.165, 1.54) is 23.4 Å². The molecule has 2 aromatic carbocycles. The molecule has 132 valence electrons. The molecule has 5 nitrogen and oxygen atoms in total. The molecule has 1 saturated heterocycles. The number of anilines is 1. The number of benzene rings is 2. The Balaban J connectivity index is 1.48. The van der Waals surface area contributed by atoms with Crippen LogP contribution in [-0.2, 0) is 4.74 Å². The van der Waals surface area contributed by atoms with E-state index in [1.54, 1.807) is 6.07 Å². The van der Waals surface area contributed by atoms with Crippen molar-refractivity contribution in [3.05, 3.63) is 65.9 Å². The van der Waals surface area contributed by atoms with E-state index in [9.17, 15) is 4.79 Å². The van der Waals surface area contributed by atoms with Gasteiger partial charge in [-0.05, 0) is 47.2 Å². The van der Waals surface area contributed by atoms with Crippen molar-refractivity contribution < 1.29 is 9.53 Å². The third kappa shape index (κ3) is 3.12. The minimum Gasteiger partial charge on any atom is -0.464 e. The second-order valence-corrected chi connectivity index (χ2v) is 6.60. The van der Waals surface area contributed by atoms with Crippen molar-refractivity contribution in [2.75, 3.05) is 25.1 Å². The van der Waals surface area contributed by atoms with E-state index in [4.69, 9.17) is 0 Å². The Bertz CT molecular complexity index is 911. The molecular formula is C21H21N3O2. The first-order valence-electron chi connectivity index (χ1n) is 8.91. The van der Waals surface area contributed by atoms with Gasteiger partial charge in [-0.25, -0.2) is 4.79 Å². The summed E-state index contributed by atoms with van der Waals surface area (Å²) in [5.74, 6) is 0.910. The van der Waals surface area contributed by atoms with Crippen molar-refractivity contribution in [1.29, 1.82) is 0 Å². The van der Waals surface area contributed by atoms with E-state index >= 15 is 0 Å². The van der Waals surface area contributed by atoms with Gasteiger partial charge in [-0.1, -0.05) is 42.5 Å². The smallest absolute Gasteiger partial charge is 0.358 e. The molecule has 0 atom stereocenters. The summed E-state index contributed by atoms with van der Waals surface area (Å²) in [6.07, 6.45) is 2.16. The van der Waals surface area contributed by atoms with Crippen LogP contribution >= 0.6 is 0 Å². The van der Waals surface area contributed by atoms with E-state index in [1.807, 2.05) is 6.07 Å². The van der Waals surface area contributed by atoms with Gasteiger partial charge in [0.15, 0.2) is 11.5 Å². The van der Waals surface area contributed by atoms with Gasteiger partial charge in [0, 0.05) is 13.1 Å². The zero-order valence-corrected chi connectivity index (χ0v) is 14.8. The molecule has 0 amide bonds. The van der Waals surface area contributed by atoms with Crippen LogP contribution in [0.15, 0.2) is 54.6 Å². The molecule has 2 heterocycles. The van der Waals surface area contributed by atoms with Crippen molar-refractivity contribution in [3.63, 3.8) is 0 Å². The molecule has 0 N–H and O–H groups in total. The third-order valence-electron chi connectivity index (χ3n) is 5.13. The molecule has 5 heteroatoms. The Morgan fingerprint density at radius 1 is 1.00 bits per heavy atom. The van der Waals surface area contributed by atoms with Crippen LogP contribution in [0.4, 0.5) is 5.82 Å². The molecule has 0 saturated carbocycles. The molecule has 0 bridgehead atoms. The molecule has 1 fully saturated rings. The van der Waals surface area contributed by atoms with Crippen LogP contribution in [0.2, 0.25) is 0 Å². The predicted octanol–water partition coefficient (Wildman–Crippen LogP) is 3.80. The minimum atomic E-state index is -0.460.